The van der Waals surface area contributed by atoms with Crippen molar-refractivity contribution in [3.63, 3.8) is 0 Å². The summed E-state index contributed by atoms with van der Waals surface area (Å²) in [4.78, 5) is 31.0. The Kier molecular flexibility index (Phi) is 5.25. The molecular formula is C18H17N3O3S. The van der Waals surface area contributed by atoms with E-state index in [2.05, 4.69) is 9.98 Å². The molecule has 0 saturated heterocycles. The Morgan fingerprint density at radius 3 is 2.76 bits per heavy atom. The molecule has 0 atom stereocenters. The minimum atomic E-state index is -0.577. The molecule has 0 aliphatic heterocycles. The lowest BCUT2D eigenvalue weighted by Gasteiger charge is -2.04. The maximum Gasteiger partial charge on any atom is 0.355 e. The maximum atomic E-state index is 12.0. The molecule has 3 aromatic rings. The van der Waals surface area contributed by atoms with Crippen LogP contribution in [0.2, 0.25) is 0 Å². The van der Waals surface area contributed by atoms with Crippen molar-refractivity contribution in [3.05, 3.63) is 75.8 Å². The van der Waals surface area contributed by atoms with Crippen LogP contribution >= 0.6 is 11.3 Å². The number of thiazole rings is 1. The molecular weight excluding hydrogens is 338 g/mol. The Bertz CT molecular complexity index is 921. The first-order valence-corrected chi connectivity index (χ1v) is 8.57. The van der Waals surface area contributed by atoms with Crippen molar-refractivity contribution in [2.24, 2.45) is 4.99 Å². The molecule has 1 N–H and O–H groups in total. The Labute approximate surface area is 148 Å². The smallest absolute Gasteiger partial charge is 0.355 e. The predicted molar refractivity (Wildman–Crippen MR) is 94.2 cm³/mol. The van der Waals surface area contributed by atoms with Gasteiger partial charge in [-0.05, 0) is 24.6 Å². The molecule has 7 heteroatoms. The van der Waals surface area contributed by atoms with E-state index in [4.69, 9.17) is 4.74 Å². The molecule has 0 radical (unpaired) electrons. The van der Waals surface area contributed by atoms with Crippen LogP contribution in [0.4, 0.5) is 0 Å². The lowest BCUT2D eigenvalue weighted by Crippen LogP contribution is -2.20. The number of nitrogens with one attached hydrogen (secondary N) is 1. The lowest BCUT2D eigenvalue weighted by atomic mass is 10.1. The molecule has 0 aliphatic rings. The van der Waals surface area contributed by atoms with E-state index in [1.165, 1.54) is 16.9 Å². The van der Waals surface area contributed by atoms with Gasteiger partial charge in [-0.3, -0.25) is 4.79 Å². The van der Waals surface area contributed by atoms with Gasteiger partial charge < -0.3 is 14.3 Å². The summed E-state index contributed by atoms with van der Waals surface area (Å²) < 4.78 is 6.84. The lowest BCUT2D eigenvalue weighted by molar-refractivity contribution is -0.121. The van der Waals surface area contributed by atoms with E-state index in [-0.39, 0.29) is 6.61 Å². The first-order chi connectivity index (χ1) is 12.1. The van der Waals surface area contributed by atoms with Crippen LogP contribution in [0.5, 0.6) is 0 Å². The molecule has 0 aliphatic carbocycles. The summed E-state index contributed by atoms with van der Waals surface area (Å²) in [5, 5.41) is 1.87. The van der Waals surface area contributed by atoms with Crippen molar-refractivity contribution in [2.75, 3.05) is 6.61 Å². The molecule has 2 aromatic heterocycles. The van der Waals surface area contributed by atoms with Gasteiger partial charge in [0.05, 0.1) is 0 Å². The van der Waals surface area contributed by atoms with Crippen LogP contribution in [0.25, 0.3) is 0 Å². The average Bonchev–Trinajstić information content (AvgIpc) is 3.27. The molecule has 0 spiro atoms. The molecule has 3 rings (SSSR count). The molecule has 0 unspecified atom stereocenters. The van der Waals surface area contributed by atoms with Crippen LogP contribution < -0.4 is 4.80 Å². The van der Waals surface area contributed by atoms with E-state index in [1.54, 1.807) is 18.3 Å². The third kappa shape index (κ3) is 4.54. The average molecular weight is 355 g/mol. The number of aromatic nitrogens is 2. The van der Waals surface area contributed by atoms with E-state index >= 15 is 0 Å². The van der Waals surface area contributed by atoms with Crippen LogP contribution in [0.15, 0.2) is 59.2 Å². The highest BCUT2D eigenvalue weighted by atomic mass is 32.1. The minimum absolute atomic E-state index is 0.304. The first kappa shape index (κ1) is 16.9. The highest BCUT2D eigenvalue weighted by Gasteiger charge is 2.10. The van der Waals surface area contributed by atoms with Crippen LogP contribution in [0.3, 0.4) is 0 Å². The number of carbonyl (C=O) groups excluding carboxylic acids is 2. The fourth-order valence-corrected chi connectivity index (χ4v) is 2.94. The van der Waals surface area contributed by atoms with Gasteiger partial charge in [0.25, 0.3) is 5.91 Å². The van der Waals surface area contributed by atoms with Crippen LogP contribution in [-0.4, -0.2) is 28.0 Å². The van der Waals surface area contributed by atoms with Gasteiger partial charge in [-0.2, -0.15) is 4.99 Å². The second kappa shape index (κ2) is 7.76. The number of ether oxygens (including phenoxy) is 1. The number of hydrogen-bond donors (Lipinski definition) is 1. The summed E-state index contributed by atoms with van der Waals surface area (Å²) >= 11 is 1.36. The highest BCUT2D eigenvalue weighted by molar-refractivity contribution is 7.07. The highest BCUT2D eigenvalue weighted by Crippen LogP contribution is 2.05. The normalized spacial score (nSPS) is 11.5. The predicted octanol–water partition coefficient (Wildman–Crippen LogP) is 2.52. The summed E-state index contributed by atoms with van der Waals surface area (Å²) in [6.45, 7) is 2.27. The van der Waals surface area contributed by atoms with Gasteiger partial charge in [-0.15, -0.1) is 11.3 Å². The third-order valence-electron chi connectivity index (χ3n) is 3.50. The summed E-state index contributed by atoms with van der Waals surface area (Å²) in [5.41, 5.74) is 2.62. The number of H-pyrrole nitrogens is 1. The number of rotatable bonds is 5. The largest absolute Gasteiger partial charge is 0.451 e. The Hall–Kier alpha value is -2.93. The number of hydrogen-bond acceptors (Lipinski definition) is 4. The van der Waals surface area contributed by atoms with Crippen molar-refractivity contribution in [2.45, 2.75) is 13.5 Å². The fraction of sp³-hybridized carbons (Fsp3) is 0.167. The zero-order valence-corrected chi connectivity index (χ0v) is 14.5. The van der Waals surface area contributed by atoms with Gasteiger partial charge in [-0.1, -0.05) is 29.8 Å². The summed E-state index contributed by atoms with van der Waals surface area (Å²) in [6, 6.07) is 11.4. The van der Waals surface area contributed by atoms with Crippen LogP contribution in [0, 0.1) is 6.92 Å². The van der Waals surface area contributed by atoms with Gasteiger partial charge in [0.2, 0.25) is 0 Å². The van der Waals surface area contributed by atoms with Crippen molar-refractivity contribution in [3.8, 4) is 0 Å². The standard InChI is InChI=1S/C18H17N3O3S/c1-13-4-6-14(7-5-13)11-21-9-10-25-18(21)20-16(22)12-24-17(23)15-3-2-8-19-15/h2-10,19H,11-12H2,1H3. The minimum Gasteiger partial charge on any atom is -0.451 e. The van der Waals surface area contributed by atoms with Crippen LogP contribution in [-0.2, 0) is 16.1 Å². The first-order valence-electron chi connectivity index (χ1n) is 7.69. The van der Waals surface area contributed by atoms with E-state index in [0.29, 0.717) is 17.0 Å². The molecule has 128 valence electrons. The monoisotopic (exact) mass is 355 g/mol. The van der Waals surface area contributed by atoms with Crippen molar-refractivity contribution < 1.29 is 14.3 Å². The number of benzene rings is 1. The van der Waals surface area contributed by atoms with E-state index in [0.717, 1.165) is 5.56 Å². The molecule has 25 heavy (non-hydrogen) atoms. The number of amides is 1. The van der Waals surface area contributed by atoms with Crippen molar-refractivity contribution in [1.82, 2.24) is 9.55 Å². The van der Waals surface area contributed by atoms with Gasteiger partial charge in [0, 0.05) is 24.3 Å². The van der Waals surface area contributed by atoms with E-state index in [1.807, 2.05) is 47.3 Å². The van der Waals surface area contributed by atoms with Crippen molar-refractivity contribution >= 4 is 23.2 Å². The number of aryl methyl sites for hydroxylation is 1. The number of nitrogens with zero attached hydrogens (tertiary/aromatic N) is 2. The van der Waals surface area contributed by atoms with Gasteiger partial charge in [0.1, 0.15) is 5.69 Å². The molecule has 0 fully saturated rings. The number of carbonyl (C=O) groups is 2. The van der Waals surface area contributed by atoms with E-state index in [9.17, 15) is 9.59 Å². The fourth-order valence-electron chi connectivity index (χ4n) is 2.20. The van der Waals surface area contributed by atoms with Gasteiger partial charge >= 0.3 is 5.97 Å². The second-order valence-electron chi connectivity index (χ2n) is 5.46. The van der Waals surface area contributed by atoms with E-state index < -0.39 is 11.9 Å². The molecule has 1 amide bonds. The topological polar surface area (TPSA) is 76.5 Å². The molecule has 6 nitrogen and oxygen atoms in total. The Morgan fingerprint density at radius 1 is 1.24 bits per heavy atom. The third-order valence-corrected chi connectivity index (χ3v) is 4.29. The maximum absolute atomic E-state index is 12.0. The quantitative estimate of drug-likeness (QED) is 0.715. The SMILES string of the molecule is Cc1ccc(Cn2ccsc2=NC(=O)COC(=O)c2ccc[nH]2)cc1. The van der Waals surface area contributed by atoms with Gasteiger partial charge in [-0.25, -0.2) is 4.79 Å². The van der Waals surface area contributed by atoms with Gasteiger partial charge in [0.15, 0.2) is 11.4 Å². The Morgan fingerprint density at radius 2 is 2.04 bits per heavy atom. The zero-order valence-electron chi connectivity index (χ0n) is 13.6. The second-order valence-corrected chi connectivity index (χ2v) is 6.34. The number of aromatic amines is 1. The summed E-state index contributed by atoms with van der Waals surface area (Å²) in [6.07, 6.45) is 3.49. The van der Waals surface area contributed by atoms with Crippen LogP contribution in [0.1, 0.15) is 21.6 Å². The molecule has 2 heterocycles. The molecule has 0 bridgehead atoms. The number of esters is 1. The zero-order chi connectivity index (χ0) is 17.6. The molecule has 1 aromatic carbocycles. The molecule has 0 saturated carbocycles. The summed E-state index contributed by atoms with van der Waals surface area (Å²) in [5.74, 6) is -1.08. The summed E-state index contributed by atoms with van der Waals surface area (Å²) in [7, 11) is 0. The Balaban J connectivity index is 1.65. The van der Waals surface area contributed by atoms with Crippen molar-refractivity contribution in [1.29, 1.82) is 0 Å².